The minimum atomic E-state index is -1.09. The van der Waals surface area contributed by atoms with Gasteiger partial charge in [0.05, 0.1) is 11.1 Å². The van der Waals surface area contributed by atoms with Gasteiger partial charge in [-0.2, -0.15) is 0 Å². The number of amides is 3. The van der Waals surface area contributed by atoms with E-state index in [-0.39, 0.29) is 0 Å². The van der Waals surface area contributed by atoms with E-state index in [0.717, 1.165) is 36.0 Å². The molecule has 7 nitrogen and oxygen atoms in total. The molecule has 1 aromatic heterocycles. The first-order valence-electron chi connectivity index (χ1n) is 8.15. The maximum atomic E-state index is 12.8. The largest absolute Gasteiger partial charge is 0.449 e. The molecule has 7 heteroatoms. The Bertz CT molecular complexity index is 863. The highest BCUT2D eigenvalue weighted by Gasteiger charge is 2.27. The minimum absolute atomic E-state index is 0.470. The van der Waals surface area contributed by atoms with Gasteiger partial charge in [0, 0.05) is 18.1 Å². The molecule has 0 saturated carbocycles. The first kappa shape index (κ1) is 16.9. The first-order chi connectivity index (χ1) is 12.0. The number of nitrogens with one attached hydrogen (secondary N) is 2. The van der Waals surface area contributed by atoms with Crippen molar-refractivity contribution in [3.05, 3.63) is 41.1 Å². The van der Waals surface area contributed by atoms with Crippen LogP contribution in [0.5, 0.6) is 0 Å². The number of ether oxygens (including phenoxy) is 1. The molecule has 25 heavy (non-hydrogen) atoms. The number of rotatable bonds is 3. The van der Waals surface area contributed by atoms with Crippen LogP contribution in [-0.4, -0.2) is 36.0 Å². The van der Waals surface area contributed by atoms with Crippen LogP contribution >= 0.6 is 0 Å². The molecule has 0 radical (unpaired) electrons. The van der Waals surface area contributed by atoms with Crippen LogP contribution in [0.2, 0.25) is 0 Å². The lowest BCUT2D eigenvalue weighted by atomic mass is 10.0. The topological polar surface area (TPSA) is 97.4 Å². The molecule has 0 bridgehead atoms. The second-order valence-electron chi connectivity index (χ2n) is 5.90. The summed E-state index contributed by atoms with van der Waals surface area (Å²) in [4.78, 5) is 40.5. The third kappa shape index (κ3) is 3.31. The number of nitrogens with zero attached hydrogens (tertiary/aromatic N) is 1. The molecular formula is C18H19N3O4. The Morgan fingerprint density at radius 3 is 2.72 bits per heavy atom. The van der Waals surface area contributed by atoms with Gasteiger partial charge in [0.25, 0.3) is 5.91 Å². The summed E-state index contributed by atoms with van der Waals surface area (Å²) in [5, 5.41) is 5.09. The van der Waals surface area contributed by atoms with Crippen LogP contribution in [0.1, 0.15) is 35.0 Å². The number of hydrogen-bond donors (Lipinski definition) is 2. The summed E-state index contributed by atoms with van der Waals surface area (Å²) >= 11 is 0. The highest BCUT2D eigenvalue weighted by atomic mass is 16.5. The van der Waals surface area contributed by atoms with Gasteiger partial charge < -0.3 is 10.1 Å². The lowest BCUT2D eigenvalue weighted by Crippen LogP contribution is -2.43. The number of urea groups is 1. The standard InChI is InChI=1S/C18H19N3O4/c1-10(16(22)21-18(24)19-2)25-17(23)15-11-6-3-4-8-13(11)20-14-9-5-7-12(14)15/h3-4,6,8,10H,5,7,9H2,1-2H3,(H2,19,21,22,24)/t10-/m0/s1. The van der Waals surface area contributed by atoms with E-state index in [4.69, 9.17) is 4.74 Å². The van der Waals surface area contributed by atoms with Crippen molar-refractivity contribution in [3.63, 3.8) is 0 Å². The van der Waals surface area contributed by atoms with E-state index < -0.39 is 24.0 Å². The van der Waals surface area contributed by atoms with E-state index >= 15 is 0 Å². The number of benzene rings is 1. The van der Waals surface area contributed by atoms with Gasteiger partial charge in [0.1, 0.15) is 0 Å². The highest BCUT2D eigenvalue weighted by Crippen LogP contribution is 2.30. The van der Waals surface area contributed by atoms with Gasteiger partial charge in [-0.15, -0.1) is 0 Å². The first-order valence-corrected chi connectivity index (χ1v) is 8.15. The second-order valence-corrected chi connectivity index (χ2v) is 5.90. The Labute approximate surface area is 144 Å². The van der Waals surface area contributed by atoms with Crippen LogP contribution in [0.25, 0.3) is 10.9 Å². The number of fused-ring (bicyclic) bond motifs is 2. The highest BCUT2D eigenvalue weighted by molar-refractivity contribution is 6.06. The third-order valence-corrected chi connectivity index (χ3v) is 4.24. The summed E-state index contributed by atoms with van der Waals surface area (Å²) in [6.07, 6.45) is 1.43. The Balaban J connectivity index is 1.90. The lowest BCUT2D eigenvalue weighted by molar-refractivity contribution is -0.127. The lowest BCUT2D eigenvalue weighted by Gasteiger charge is -2.16. The third-order valence-electron chi connectivity index (χ3n) is 4.24. The maximum Gasteiger partial charge on any atom is 0.339 e. The average Bonchev–Trinajstić information content (AvgIpc) is 3.06. The summed E-state index contributed by atoms with van der Waals surface area (Å²) in [7, 11) is 1.39. The minimum Gasteiger partial charge on any atom is -0.449 e. The molecule has 1 aliphatic rings. The fourth-order valence-corrected chi connectivity index (χ4v) is 2.99. The molecule has 1 atom stereocenters. The molecule has 3 rings (SSSR count). The van der Waals surface area contributed by atoms with Crippen molar-refractivity contribution in [1.29, 1.82) is 0 Å². The molecule has 0 spiro atoms. The molecule has 1 aromatic carbocycles. The van der Waals surface area contributed by atoms with Crippen molar-refractivity contribution < 1.29 is 19.1 Å². The van der Waals surface area contributed by atoms with Crippen LogP contribution in [0, 0.1) is 0 Å². The van der Waals surface area contributed by atoms with Crippen LogP contribution < -0.4 is 10.6 Å². The maximum absolute atomic E-state index is 12.8. The molecule has 1 aliphatic carbocycles. The van der Waals surface area contributed by atoms with Crippen molar-refractivity contribution in [3.8, 4) is 0 Å². The van der Waals surface area contributed by atoms with Gasteiger partial charge in [-0.3, -0.25) is 15.1 Å². The summed E-state index contributed by atoms with van der Waals surface area (Å²) in [5.41, 5.74) is 3.01. The average molecular weight is 341 g/mol. The predicted molar refractivity (Wildman–Crippen MR) is 91.2 cm³/mol. The SMILES string of the molecule is CNC(=O)NC(=O)[C@H](C)OC(=O)c1c2c(nc3ccccc13)CCC2. The molecule has 0 saturated heterocycles. The van der Waals surface area contributed by atoms with Crippen LogP contribution in [0.4, 0.5) is 4.79 Å². The van der Waals surface area contributed by atoms with Crippen LogP contribution in [0.3, 0.4) is 0 Å². The van der Waals surface area contributed by atoms with Crippen molar-refractivity contribution >= 4 is 28.8 Å². The zero-order valence-corrected chi connectivity index (χ0v) is 14.1. The molecule has 130 valence electrons. The molecule has 1 heterocycles. The Kier molecular flexibility index (Phi) is 4.65. The predicted octanol–water partition coefficient (Wildman–Crippen LogP) is 1.72. The zero-order valence-electron chi connectivity index (χ0n) is 14.1. The molecule has 0 unspecified atom stereocenters. The Morgan fingerprint density at radius 1 is 1.20 bits per heavy atom. The summed E-state index contributed by atoms with van der Waals surface area (Å²) in [6.45, 7) is 1.43. The number of esters is 1. The number of carbonyl (C=O) groups excluding carboxylic acids is 3. The van der Waals surface area contributed by atoms with Gasteiger partial charge in [0.15, 0.2) is 6.10 Å². The van der Waals surface area contributed by atoms with Gasteiger partial charge in [-0.25, -0.2) is 9.59 Å². The molecular weight excluding hydrogens is 322 g/mol. The van der Waals surface area contributed by atoms with Crippen molar-refractivity contribution in [2.75, 3.05) is 7.05 Å². The number of pyridine rings is 1. The van der Waals surface area contributed by atoms with Gasteiger partial charge in [-0.05, 0) is 37.8 Å². The quantitative estimate of drug-likeness (QED) is 0.829. The fourth-order valence-electron chi connectivity index (χ4n) is 2.99. The van der Waals surface area contributed by atoms with E-state index in [0.29, 0.717) is 10.9 Å². The zero-order chi connectivity index (χ0) is 18.0. The van der Waals surface area contributed by atoms with Crippen molar-refractivity contribution in [1.82, 2.24) is 15.6 Å². The van der Waals surface area contributed by atoms with Crippen LogP contribution in [-0.2, 0) is 22.4 Å². The van der Waals surface area contributed by atoms with E-state index in [9.17, 15) is 14.4 Å². The van der Waals surface area contributed by atoms with E-state index in [1.165, 1.54) is 14.0 Å². The number of aryl methyl sites for hydroxylation is 1. The summed E-state index contributed by atoms with van der Waals surface area (Å²) in [5.74, 6) is -1.25. The van der Waals surface area contributed by atoms with Crippen molar-refractivity contribution in [2.24, 2.45) is 0 Å². The number of imide groups is 1. The second kappa shape index (κ2) is 6.88. The monoisotopic (exact) mass is 341 g/mol. The molecule has 2 N–H and O–H groups in total. The Morgan fingerprint density at radius 2 is 1.96 bits per heavy atom. The Hall–Kier alpha value is -2.96. The van der Waals surface area contributed by atoms with E-state index in [2.05, 4.69) is 15.6 Å². The fraction of sp³-hybridized carbons (Fsp3) is 0.333. The van der Waals surface area contributed by atoms with Crippen LogP contribution in [0.15, 0.2) is 24.3 Å². The molecule has 3 amide bonds. The number of carbonyl (C=O) groups is 3. The van der Waals surface area contributed by atoms with Gasteiger partial charge in [-0.1, -0.05) is 18.2 Å². The smallest absolute Gasteiger partial charge is 0.339 e. The molecule has 0 aliphatic heterocycles. The summed E-state index contributed by atoms with van der Waals surface area (Å²) in [6, 6.07) is 6.73. The van der Waals surface area contributed by atoms with Gasteiger partial charge in [0.2, 0.25) is 0 Å². The number of hydrogen-bond acceptors (Lipinski definition) is 5. The summed E-state index contributed by atoms with van der Waals surface area (Å²) < 4.78 is 5.32. The molecule has 2 aromatic rings. The number of para-hydroxylation sites is 1. The normalized spacial score (nSPS) is 13.8. The van der Waals surface area contributed by atoms with E-state index in [1.54, 1.807) is 0 Å². The van der Waals surface area contributed by atoms with Crippen molar-refractivity contribution in [2.45, 2.75) is 32.3 Å². The van der Waals surface area contributed by atoms with Gasteiger partial charge >= 0.3 is 12.0 Å². The van der Waals surface area contributed by atoms with E-state index in [1.807, 2.05) is 24.3 Å². The number of aromatic nitrogens is 1. The molecule has 0 fully saturated rings.